The number of nitrogens with zero attached hydrogens (tertiary/aromatic N) is 3. The van der Waals surface area contributed by atoms with Gasteiger partial charge in [-0.3, -0.25) is 4.90 Å². The average Bonchev–Trinajstić information content (AvgIpc) is 3.26. The lowest BCUT2D eigenvalue weighted by atomic mass is 9.99. The molecule has 0 saturated carbocycles. The van der Waals surface area contributed by atoms with Gasteiger partial charge in [0.15, 0.2) is 6.20 Å². The summed E-state index contributed by atoms with van der Waals surface area (Å²) in [6.07, 6.45) is 6.78. The van der Waals surface area contributed by atoms with E-state index < -0.39 is 0 Å². The Kier molecular flexibility index (Phi) is 8.10. The fourth-order valence-corrected chi connectivity index (χ4v) is 6.16. The Morgan fingerprint density at radius 1 is 1.00 bits per heavy atom. The van der Waals surface area contributed by atoms with E-state index in [2.05, 4.69) is 128 Å². The molecule has 0 amide bonds. The maximum Gasteiger partial charge on any atom is 0.216 e. The number of thioether (sulfide) groups is 1. The van der Waals surface area contributed by atoms with Crippen LogP contribution in [0.4, 0.5) is 5.69 Å². The lowest BCUT2D eigenvalue weighted by Crippen LogP contribution is -2.28. The van der Waals surface area contributed by atoms with Crippen LogP contribution in [0.15, 0.2) is 88.9 Å². The number of allylic oxidation sites excluding steroid dienone is 2. The normalized spacial score (nSPS) is 14.5. The molecule has 39 heavy (non-hydrogen) atoms. The van der Waals surface area contributed by atoms with Gasteiger partial charge in [-0.05, 0) is 84.3 Å². The molecule has 3 aromatic carbocycles. The van der Waals surface area contributed by atoms with Gasteiger partial charge in [-0.25, -0.2) is 4.57 Å². The van der Waals surface area contributed by atoms with Crippen molar-refractivity contribution in [3.8, 4) is 5.75 Å². The van der Waals surface area contributed by atoms with Crippen LogP contribution >= 0.6 is 11.8 Å². The van der Waals surface area contributed by atoms with Gasteiger partial charge in [0.2, 0.25) is 5.52 Å². The summed E-state index contributed by atoms with van der Waals surface area (Å²) >= 11 is 1.83. The number of hydrogen-bond acceptors (Lipinski definition) is 4. The van der Waals surface area contributed by atoms with Crippen LogP contribution in [0.1, 0.15) is 36.1 Å². The zero-order valence-electron chi connectivity index (χ0n) is 23.9. The molecule has 1 aliphatic rings. The number of methoxy groups -OCH3 is 1. The van der Waals surface area contributed by atoms with Crippen LogP contribution in [0.25, 0.3) is 22.6 Å². The Hall–Kier alpha value is -3.54. The van der Waals surface area contributed by atoms with Crippen LogP contribution in [-0.2, 0) is 13.6 Å². The number of pyridine rings is 1. The molecule has 0 saturated heterocycles. The monoisotopic (exact) mass is 536 g/mol. The van der Waals surface area contributed by atoms with Gasteiger partial charge >= 0.3 is 0 Å². The molecule has 2 heterocycles. The molecule has 0 fully saturated rings. The summed E-state index contributed by atoms with van der Waals surface area (Å²) in [4.78, 5) is 6.05. The maximum absolute atomic E-state index is 5.51. The molecular formula is C34H38N3OS+. The van der Waals surface area contributed by atoms with E-state index in [1.54, 1.807) is 7.11 Å². The van der Waals surface area contributed by atoms with Gasteiger partial charge in [0.05, 0.1) is 29.3 Å². The average molecular weight is 537 g/mol. The van der Waals surface area contributed by atoms with Crippen molar-refractivity contribution in [3.63, 3.8) is 0 Å². The van der Waals surface area contributed by atoms with Gasteiger partial charge in [0, 0.05) is 24.6 Å². The number of aromatic nitrogens is 1. The number of ether oxygens (including phenoxy) is 1. The van der Waals surface area contributed by atoms with Gasteiger partial charge in [-0.2, -0.15) is 0 Å². The molecule has 1 aliphatic heterocycles. The lowest BCUT2D eigenvalue weighted by molar-refractivity contribution is -0.644. The van der Waals surface area contributed by atoms with Crippen molar-refractivity contribution in [2.45, 2.75) is 32.2 Å². The molecule has 0 radical (unpaired) electrons. The van der Waals surface area contributed by atoms with Crippen molar-refractivity contribution >= 4 is 40.0 Å². The summed E-state index contributed by atoms with van der Waals surface area (Å²) < 4.78 is 7.66. The SMILES string of the molecule is CCN(CC)Cc1ccc(C(=Cc2cc[n+](C)c3cc(OC)ccc23)C=C2Sc3ccc(C)cc3N2C)cc1. The second-order valence-electron chi connectivity index (χ2n) is 10.1. The summed E-state index contributed by atoms with van der Waals surface area (Å²) in [5.41, 5.74) is 8.61. The third-order valence-electron chi connectivity index (χ3n) is 7.57. The summed E-state index contributed by atoms with van der Waals surface area (Å²) in [5.74, 6) is 0.863. The molecule has 1 aromatic heterocycles. The molecule has 0 aliphatic carbocycles. The van der Waals surface area contributed by atoms with Crippen LogP contribution in [0.5, 0.6) is 5.75 Å². The number of rotatable bonds is 8. The molecule has 0 unspecified atom stereocenters. The van der Waals surface area contributed by atoms with Gasteiger partial charge in [-0.15, -0.1) is 0 Å². The molecule has 5 heteroatoms. The number of fused-ring (bicyclic) bond motifs is 2. The highest BCUT2D eigenvalue weighted by Crippen LogP contribution is 2.46. The predicted octanol–water partition coefficient (Wildman–Crippen LogP) is 7.45. The third kappa shape index (κ3) is 5.75. The Labute approximate surface area is 237 Å². The first-order valence-electron chi connectivity index (χ1n) is 13.6. The number of aryl methyl sites for hydroxylation is 2. The van der Waals surface area contributed by atoms with Crippen molar-refractivity contribution < 1.29 is 9.30 Å². The van der Waals surface area contributed by atoms with E-state index in [0.717, 1.165) is 30.9 Å². The summed E-state index contributed by atoms with van der Waals surface area (Å²) in [7, 11) is 5.96. The van der Waals surface area contributed by atoms with Crippen molar-refractivity contribution in [3.05, 3.63) is 106 Å². The molecule has 0 N–H and O–H groups in total. The minimum Gasteiger partial charge on any atom is -0.497 e. The Morgan fingerprint density at radius 3 is 2.49 bits per heavy atom. The highest BCUT2D eigenvalue weighted by Gasteiger charge is 2.22. The van der Waals surface area contributed by atoms with E-state index in [1.807, 2.05) is 17.8 Å². The second-order valence-corrected chi connectivity index (χ2v) is 11.2. The highest BCUT2D eigenvalue weighted by atomic mass is 32.2. The smallest absolute Gasteiger partial charge is 0.216 e. The summed E-state index contributed by atoms with van der Waals surface area (Å²) in [6, 6.07) is 24.3. The molecular weight excluding hydrogens is 498 g/mol. The molecule has 0 bridgehead atoms. The quantitative estimate of drug-likeness (QED) is 0.218. The number of anilines is 1. The van der Waals surface area contributed by atoms with Gasteiger partial charge in [0.25, 0.3) is 0 Å². The van der Waals surface area contributed by atoms with E-state index in [1.165, 1.54) is 48.8 Å². The van der Waals surface area contributed by atoms with Gasteiger partial charge in [-0.1, -0.05) is 55.9 Å². The molecule has 4 nitrogen and oxygen atoms in total. The topological polar surface area (TPSA) is 19.6 Å². The standard InChI is InChI=1S/C34H38N3OS/c1-7-37(8-2)23-25-10-12-26(13-11-25)28(21-34-36(5)32-19-24(3)9-16-33(32)39-34)20-27-17-18-35(4)31-22-29(38-6)14-15-30(27)31/h9-22H,7-8,23H2,1-6H3/q+1. The second kappa shape index (κ2) is 11.7. The van der Waals surface area contributed by atoms with Crippen LogP contribution in [0, 0.1) is 6.92 Å². The van der Waals surface area contributed by atoms with Crippen molar-refractivity contribution in [2.75, 3.05) is 32.1 Å². The zero-order valence-corrected chi connectivity index (χ0v) is 24.7. The van der Waals surface area contributed by atoms with Gasteiger partial charge < -0.3 is 9.64 Å². The van der Waals surface area contributed by atoms with E-state index in [0.29, 0.717) is 0 Å². The fraction of sp³-hybridized carbons (Fsp3) is 0.265. The summed E-state index contributed by atoms with van der Waals surface area (Å²) in [6.45, 7) is 9.69. The Balaban J connectivity index is 1.60. The first-order valence-corrected chi connectivity index (χ1v) is 14.5. The van der Waals surface area contributed by atoms with Gasteiger partial charge in [0.1, 0.15) is 12.8 Å². The Morgan fingerprint density at radius 2 is 1.77 bits per heavy atom. The number of benzene rings is 3. The maximum atomic E-state index is 5.51. The summed E-state index contributed by atoms with van der Waals surface area (Å²) in [5, 5.41) is 2.42. The molecule has 0 atom stereocenters. The first-order chi connectivity index (χ1) is 18.9. The van der Waals surface area contributed by atoms with Crippen molar-refractivity contribution in [1.29, 1.82) is 0 Å². The van der Waals surface area contributed by atoms with Crippen LogP contribution < -0.4 is 14.2 Å². The predicted molar refractivity (Wildman–Crippen MR) is 166 cm³/mol. The first kappa shape index (κ1) is 27.0. The number of hydrogen-bond donors (Lipinski definition) is 0. The molecule has 200 valence electrons. The van der Waals surface area contributed by atoms with E-state index >= 15 is 0 Å². The minimum atomic E-state index is 0.863. The van der Waals surface area contributed by atoms with Crippen molar-refractivity contribution in [1.82, 2.24) is 4.90 Å². The van der Waals surface area contributed by atoms with E-state index in [9.17, 15) is 0 Å². The molecule has 4 aromatic rings. The van der Waals surface area contributed by atoms with Crippen LogP contribution in [-0.4, -0.2) is 32.1 Å². The lowest BCUT2D eigenvalue weighted by Gasteiger charge is -2.18. The minimum absolute atomic E-state index is 0.863. The Bertz CT molecular complexity index is 1550. The van der Waals surface area contributed by atoms with Crippen LogP contribution in [0.3, 0.4) is 0 Å². The van der Waals surface area contributed by atoms with E-state index in [4.69, 9.17) is 4.74 Å². The molecule has 0 spiro atoms. The van der Waals surface area contributed by atoms with Crippen molar-refractivity contribution in [2.24, 2.45) is 7.05 Å². The highest BCUT2D eigenvalue weighted by molar-refractivity contribution is 8.03. The third-order valence-corrected chi connectivity index (χ3v) is 8.74. The fourth-order valence-electron chi connectivity index (χ4n) is 5.08. The largest absolute Gasteiger partial charge is 0.497 e. The van der Waals surface area contributed by atoms with E-state index in [-0.39, 0.29) is 0 Å². The molecule has 5 rings (SSSR count). The van der Waals surface area contributed by atoms with Crippen LogP contribution in [0.2, 0.25) is 0 Å². The zero-order chi connectivity index (χ0) is 27.5.